The van der Waals surface area contributed by atoms with Crippen molar-refractivity contribution >= 4 is 27.3 Å². The summed E-state index contributed by atoms with van der Waals surface area (Å²) in [6, 6.07) is 3.78. The molecule has 2 nitrogen and oxygen atoms in total. The third kappa shape index (κ3) is 3.56. The van der Waals surface area contributed by atoms with Gasteiger partial charge >= 0.3 is 0 Å². The number of nitrogens with one attached hydrogen (secondary N) is 1. The summed E-state index contributed by atoms with van der Waals surface area (Å²) in [7, 11) is 4.36. The average Bonchev–Trinajstić information content (AvgIpc) is 2.68. The van der Waals surface area contributed by atoms with Crippen LogP contribution in [-0.4, -0.2) is 31.1 Å². The van der Waals surface area contributed by atoms with Gasteiger partial charge in [-0.3, -0.25) is 4.90 Å². The van der Waals surface area contributed by atoms with Gasteiger partial charge < -0.3 is 5.32 Å². The highest BCUT2D eigenvalue weighted by molar-refractivity contribution is 9.10. The van der Waals surface area contributed by atoms with Crippen molar-refractivity contribution in [3.63, 3.8) is 0 Å². The summed E-state index contributed by atoms with van der Waals surface area (Å²) in [4.78, 5) is 5.39. The Labute approximate surface area is 123 Å². The summed E-state index contributed by atoms with van der Waals surface area (Å²) >= 11 is 5.51. The lowest BCUT2D eigenvalue weighted by Crippen LogP contribution is -2.39. The van der Waals surface area contributed by atoms with E-state index in [1.54, 1.807) is 0 Å². The van der Waals surface area contributed by atoms with E-state index in [9.17, 15) is 0 Å². The molecule has 0 aromatic carbocycles. The van der Waals surface area contributed by atoms with Crippen LogP contribution in [0.25, 0.3) is 0 Å². The highest BCUT2D eigenvalue weighted by Crippen LogP contribution is 2.29. The van der Waals surface area contributed by atoms with Gasteiger partial charge in [0, 0.05) is 32.9 Å². The van der Waals surface area contributed by atoms with E-state index >= 15 is 0 Å². The van der Waals surface area contributed by atoms with Crippen molar-refractivity contribution in [2.75, 3.05) is 14.1 Å². The van der Waals surface area contributed by atoms with E-state index in [0.717, 1.165) is 18.6 Å². The SMILES string of the molecule is CNC1CCC(N(C)Cc2cc(Br)c(C)s2)CC1. The molecular weight excluding hydrogens is 308 g/mol. The summed E-state index contributed by atoms with van der Waals surface area (Å²) in [6.45, 7) is 3.27. The third-order valence-electron chi connectivity index (χ3n) is 4.04. The van der Waals surface area contributed by atoms with Crippen LogP contribution in [0.4, 0.5) is 0 Å². The molecule has 0 unspecified atom stereocenters. The summed E-state index contributed by atoms with van der Waals surface area (Å²) in [5, 5.41) is 3.40. The molecule has 1 aliphatic carbocycles. The van der Waals surface area contributed by atoms with Crippen LogP contribution in [0.1, 0.15) is 35.4 Å². The van der Waals surface area contributed by atoms with Crippen LogP contribution in [0.5, 0.6) is 0 Å². The fourth-order valence-electron chi connectivity index (χ4n) is 2.78. The summed E-state index contributed by atoms with van der Waals surface area (Å²) < 4.78 is 1.26. The number of aryl methyl sites for hydroxylation is 1. The Morgan fingerprint density at radius 1 is 1.39 bits per heavy atom. The lowest BCUT2D eigenvalue weighted by molar-refractivity contribution is 0.171. The number of hydrogen-bond acceptors (Lipinski definition) is 3. The molecule has 4 heteroatoms. The first-order chi connectivity index (χ1) is 8.60. The molecule has 0 aliphatic heterocycles. The lowest BCUT2D eigenvalue weighted by atomic mass is 9.90. The summed E-state index contributed by atoms with van der Waals surface area (Å²) in [6.07, 6.45) is 5.29. The maximum Gasteiger partial charge on any atom is 0.0328 e. The Hall–Kier alpha value is 0.1000. The zero-order chi connectivity index (χ0) is 13.1. The van der Waals surface area contributed by atoms with Crippen molar-refractivity contribution in [3.8, 4) is 0 Å². The molecule has 18 heavy (non-hydrogen) atoms. The Morgan fingerprint density at radius 3 is 2.56 bits per heavy atom. The largest absolute Gasteiger partial charge is 0.317 e. The zero-order valence-electron chi connectivity index (χ0n) is 11.5. The molecule has 0 radical (unpaired) electrons. The first-order valence-corrected chi connectivity index (χ1v) is 8.33. The predicted octanol–water partition coefficient (Wildman–Crippen LogP) is 3.78. The van der Waals surface area contributed by atoms with Gasteiger partial charge in [-0.25, -0.2) is 0 Å². The lowest BCUT2D eigenvalue weighted by Gasteiger charge is -2.34. The molecule has 1 aromatic heterocycles. The van der Waals surface area contributed by atoms with Crippen molar-refractivity contribution in [2.24, 2.45) is 0 Å². The maximum atomic E-state index is 3.60. The zero-order valence-corrected chi connectivity index (χ0v) is 13.9. The van der Waals surface area contributed by atoms with Crippen LogP contribution in [0.15, 0.2) is 10.5 Å². The van der Waals surface area contributed by atoms with E-state index in [1.807, 2.05) is 11.3 Å². The van der Waals surface area contributed by atoms with Crippen molar-refractivity contribution < 1.29 is 0 Å². The molecule has 0 spiro atoms. The van der Waals surface area contributed by atoms with E-state index in [4.69, 9.17) is 0 Å². The smallest absolute Gasteiger partial charge is 0.0328 e. The van der Waals surface area contributed by atoms with E-state index in [0.29, 0.717) is 0 Å². The Balaban J connectivity index is 1.86. The molecule has 1 N–H and O–H groups in total. The topological polar surface area (TPSA) is 15.3 Å². The standard InChI is InChI=1S/C14H23BrN2S/c1-10-14(15)8-13(18-10)9-17(3)12-6-4-11(16-2)5-7-12/h8,11-12,16H,4-7,9H2,1-3H3. The number of halogens is 1. The molecule has 0 amide bonds. The number of rotatable bonds is 4. The Bertz CT molecular complexity index is 364. The van der Waals surface area contributed by atoms with Gasteiger partial charge in [-0.15, -0.1) is 11.3 Å². The minimum Gasteiger partial charge on any atom is -0.317 e. The molecule has 0 atom stereocenters. The maximum absolute atomic E-state index is 3.60. The van der Waals surface area contributed by atoms with Crippen LogP contribution >= 0.6 is 27.3 Å². The second kappa shape index (κ2) is 6.51. The molecule has 102 valence electrons. The van der Waals surface area contributed by atoms with Gasteiger partial charge in [0.1, 0.15) is 0 Å². The van der Waals surface area contributed by atoms with Gasteiger partial charge in [-0.1, -0.05) is 0 Å². The molecule has 2 rings (SSSR count). The molecular formula is C14H23BrN2S. The highest BCUT2D eigenvalue weighted by Gasteiger charge is 2.23. The fourth-order valence-corrected chi connectivity index (χ4v) is 4.44. The van der Waals surface area contributed by atoms with E-state index in [1.165, 1.54) is 39.9 Å². The van der Waals surface area contributed by atoms with Crippen molar-refractivity contribution in [3.05, 3.63) is 20.3 Å². The van der Waals surface area contributed by atoms with E-state index < -0.39 is 0 Å². The molecule has 0 saturated heterocycles. The average molecular weight is 331 g/mol. The van der Waals surface area contributed by atoms with Crippen LogP contribution in [0, 0.1) is 6.92 Å². The molecule has 1 aromatic rings. The third-order valence-corrected chi connectivity index (χ3v) is 6.16. The number of thiophene rings is 1. The molecule has 1 aliphatic rings. The van der Waals surface area contributed by atoms with E-state index in [-0.39, 0.29) is 0 Å². The molecule has 0 bridgehead atoms. The first-order valence-electron chi connectivity index (χ1n) is 6.72. The minimum atomic E-state index is 0.743. The second-order valence-corrected chi connectivity index (χ2v) is 7.52. The quantitative estimate of drug-likeness (QED) is 0.903. The summed E-state index contributed by atoms with van der Waals surface area (Å²) in [5.74, 6) is 0. The fraction of sp³-hybridized carbons (Fsp3) is 0.714. The highest BCUT2D eigenvalue weighted by atomic mass is 79.9. The van der Waals surface area contributed by atoms with Gasteiger partial charge in [0.2, 0.25) is 0 Å². The van der Waals surface area contributed by atoms with Gasteiger partial charge in [-0.2, -0.15) is 0 Å². The predicted molar refractivity (Wildman–Crippen MR) is 83.3 cm³/mol. The Kier molecular flexibility index (Phi) is 5.24. The molecule has 1 heterocycles. The van der Waals surface area contributed by atoms with Gasteiger partial charge in [0.05, 0.1) is 0 Å². The van der Waals surface area contributed by atoms with Crippen LogP contribution in [0.2, 0.25) is 0 Å². The van der Waals surface area contributed by atoms with E-state index in [2.05, 4.69) is 53.2 Å². The molecule has 1 fully saturated rings. The molecule has 1 saturated carbocycles. The Morgan fingerprint density at radius 2 is 2.06 bits per heavy atom. The van der Waals surface area contributed by atoms with Crippen molar-refractivity contribution in [1.82, 2.24) is 10.2 Å². The first kappa shape index (κ1) is 14.5. The summed E-state index contributed by atoms with van der Waals surface area (Å²) in [5.41, 5.74) is 0. The van der Waals surface area contributed by atoms with Crippen molar-refractivity contribution in [2.45, 2.75) is 51.2 Å². The monoisotopic (exact) mass is 330 g/mol. The van der Waals surface area contributed by atoms with Crippen LogP contribution in [-0.2, 0) is 6.54 Å². The van der Waals surface area contributed by atoms with Gasteiger partial charge in [0.25, 0.3) is 0 Å². The minimum absolute atomic E-state index is 0.743. The van der Waals surface area contributed by atoms with Crippen molar-refractivity contribution in [1.29, 1.82) is 0 Å². The normalized spacial score (nSPS) is 24.7. The number of nitrogens with zero attached hydrogens (tertiary/aromatic N) is 1. The second-order valence-electron chi connectivity index (χ2n) is 5.33. The van der Waals surface area contributed by atoms with Crippen LogP contribution in [0.3, 0.4) is 0 Å². The van der Waals surface area contributed by atoms with Crippen LogP contribution < -0.4 is 5.32 Å². The van der Waals surface area contributed by atoms with Gasteiger partial charge in [-0.05, 0) is 68.7 Å². The number of hydrogen-bond donors (Lipinski definition) is 1. The van der Waals surface area contributed by atoms with Gasteiger partial charge in [0.15, 0.2) is 0 Å².